The number of rotatable bonds is 4. The molecule has 0 saturated heterocycles. The molecule has 0 saturated carbocycles. The van der Waals surface area contributed by atoms with E-state index in [9.17, 15) is 8.78 Å². The van der Waals surface area contributed by atoms with Crippen LogP contribution in [0.25, 0.3) is 5.57 Å². The van der Waals surface area contributed by atoms with Crippen LogP contribution in [0.1, 0.15) is 30.2 Å². The Hall–Kier alpha value is -1.85. The van der Waals surface area contributed by atoms with Gasteiger partial charge in [-0.2, -0.15) is 5.10 Å². The summed E-state index contributed by atoms with van der Waals surface area (Å²) in [5.41, 5.74) is 1.29. The molecule has 1 aliphatic rings. The Morgan fingerprint density at radius 3 is 2.73 bits per heavy atom. The second kappa shape index (κ2) is 7.05. The van der Waals surface area contributed by atoms with Crippen molar-refractivity contribution >= 4 is 28.8 Å². The molecule has 7 heteroatoms. The summed E-state index contributed by atoms with van der Waals surface area (Å²) in [7, 11) is 1.75. The van der Waals surface area contributed by atoms with Crippen molar-refractivity contribution < 1.29 is 13.5 Å². The minimum atomic E-state index is -1.47. The number of aryl methyl sites for hydroxylation is 2. The highest BCUT2D eigenvalue weighted by atomic mass is 35.5. The third-order valence-corrected chi connectivity index (χ3v) is 4.87. The first-order valence-corrected chi connectivity index (χ1v) is 8.82. The van der Waals surface area contributed by atoms with Crippen molar-refractivity contribution in [3.8, 4) is 5.88 Å². The molecule has 3 rings (SSSR count). The van der Waals surface area contributed by atoms with E-state index in [2.05, 4.69) is 5.10 Å². The lowest BCUT2D eigenvalue weighted by atomic mass is 9.92. The average molecular weight is 399 g/mol. The second-order valence-electron chi connectivity index (χ2n) is 6.51. The van der Waals surface area contributed by atoms with Gasteiger partial charge in [0.2, 0.25) is 5.88 Å². The van der Waals surface area contributed by atoms with E-state index < -0.39 is 11.5 Å². The second-order valence-corrected chi connectivity index (χ2v) is 7.32. The third-order valence-electron chi connectivity index (χ3n) is 4.21. The molecule has 0 spiro atoms. The van der Waals surface area contributed by atoms with Crippen LogP contribution in [0, 0.1) is 12.7 Å². The van der Waals surface area contributed by atoms with Crippen molar-refractivity contribution in [1.82, 2.24) is 9.78 Å². The number of hydrogen-bond donors (Lipinski definition) is 0. The zero-order valence-electron chi connectivity index (χ0n) is 14.6. The molecular formula is C19H18Cl2F2N2O. The Labute approximate surface area is 160 Å². The van der Waals surface area contributed by atoms with Gasteiger partial charge in [-0.1, -0.05) is 35.3 Å². The molecule has 0 radical (unpaired) electrons. The molecule has 1 aromatic heterocycles. The molecule has 0 amide bonds. The van der Waals surface area contributed by atoms with E-state index in [1.54, 1.807) is 23.9 Å². The fraction of sp³-hybridized carbons (Fsp3) is 0.316. The van der Waals surface area contributed by atoms with E-state index in [4.69, 9.17) is 27.9 Å². The van der Waals surface area contributed by atoms with Crippen molar-refractivity contribution in [2.75, 3.05) is 0 Å². The number of alkyl halides is 1. The molecule has 1 heterocycles. The molecule has 2 aromatic rings. The standard InChI is InChI=1S/C19H18Cl2F2N2O/c1-11-17(14-6-7-19(2,23)9-16(14)21)18(25(3)24-11)26-10-12-4-5-13(22)8-15(12)20/h4-6,8-9H,7,10H2,1-3H3. The third kappa shape index (κ3) is 3.79. The lowest BCUT2D eigenvalue weighted by Crippen LogP contribution is -2.16. The van der Waals surface area contributed by atoms with Gasteiger partial charge in [0, 0.05) is 29.6 Å². The molecule has 138 valence electrons. The molecular weight excluding hydrogens is 381 g/mol. The molecule has 1 aliphatic carbocycles. The summed E-state index contributed by atoms with van der Waals surface area (Å²) < 4.78 is 34.9. The fourth-order valence-corrected chi connectivity index (χ4v) is 3.54. The number of halogens is 4. The maximum atomic E-state index is 14.2. The van der Waals surface area contributed by atoms with Gasteiger partial charge in [-0.3, -0.25) is 0 Å². The average Bonchev–Trinajstić information content (AvgIpc) is 2.80. The quantitative estimate of drug-likeness (QED) is 0.656. The van der Waals surface area contributed by atoms with Crippen LogP contribution in [0.3, 0.4) is 0 Å². The number of nitrogens with zero attached hydrogens (tertiary/aromatic N) is 2. The normalized spacial score (nSPS) is 20.0. The molecule has 1 atom stereocenters. The van der Waals surface area contributed by atoms with Crippen LogP contribution in [0.2, 0.25) is 5.02 Å². The Morgan fingerprint density at radius 1 is 1.35 bits per heavy atom. The highest BCUT2D eigenvalue weighted by Gasteiger charge is 2.29. The molecule has 3 nitrogen and oxygen atoms in total. The summed E-state index contributed by atoms with van der Waals surface area (Å²) in [6, 6.07) is 4.13. The van der Waals surface area contributed by atoms with Crippen LogP contribution in [0.4, 0.5) is 8.78 Å². The topological polar surface area (TPSA) is 27.1 Å². The summed E-state index contributed by atoms with van der Waals surface area (Å²) in [4.78, 5) is 0. The largest absolute Gasteiger partial charge is 0.472 e. The lowest BCUT2D eigenvalue weighted by molar-refractivity contribution is 0.259. The van der Waals surface area contributed by atoms with Gasteiger partial charge in [0.05, 0.1) is 16.3 Å². The van der Waals surface area contributed by atoms with Crippen LogP contribution in [0.5, 0.6) is 5.88 Å². The van der Waals surface area contributed by atoms with E-state index in [0.29, 0.717) is 33.3 Å². The van der Waals surface area contributed by atoms with Gasteiger partial charge in [0.1, 0.15) is 18.1 Å². The van der Waals surface area contributed by atoms with Gasteiger partial charge < -0.3 is 4.74 Å². The van der Waals surface area contributed by atoms with Gasteiger partial charge >= 0.3 is 0 Å². The first kappa shape index (κ1) is 18.9. The van der Waals surface area contributed by atoms with Crippen molar-refractivity contribution in [1.29, 1.82) is 0 Å². The summed E-state index contributed by atoms with van der Waals surface area (Å²) in [5.74, 6) is 0.0810. The van der Waals surface area contributed by atoms with E-state index in [0.717, 1.165) is 0 Å². The Bertz CT molecular complexity index is 917. The molecule has 26 heavy (non-hydrogen) atoms. The first-order valence-electron chi connectivity index (χ1n) is 8.06. The molecule has 1 aromatic carbocycles. The highest BCUT2D eigenvalue weighted by Crippen LogP contribution is 2.41. The van der Waals surface area contributed by atoms with Crippen LogP contribution in [-0.4, -0.2) is 15.4 Å². The number of hydrogen-bond acceptors (Lipinski definition) is 2. The van der Waals surface area contributed by atoms with Crippen LogP contribution >= 0.6 is 23.2 Å². The maximum absolute atomic E-state index is 14.2. The number of ether oxygens (including phenoxy) is 1. The van der Waals surface area contributed by atoms with Crippen LogP contribution < -0.4 is 4.74 Å². The summed E-state index contributed by atoms with van der Waals surface area (Å²) in [6.07, 6.45) is 3.37. The van der Waals surface area contributed by atoms with Crippen molar-refractivity contribution in [3.05, 3.63) is 63.0 Å². The Morgan fingerprint density at radius 2 is 2.08 bits per heavy atom. The predicted molar refractivity (Wildman–Crippen MR) is 99.7 cm³/mol. The number of aromatic nitrogens is 2. The molecule has 1 unspecified atom stereocenters. The fourth-order valence-electron chi connectivity index (χ4n) is 2.92. The van der Waals surface area contributed by atoms with E-state index >= 15 is 0 Å². The number of allylic oxidation sites excluding steroid dienone is 4. The molecule has 0 N–H and O–H groups in total. The van der Waals surface area contributed by atoms with E-state index in [1.165, 1.54) is 25.1 Å². The summed E-state index contributed by atoms with van der Waals surface area (Å²) in [6.45, 7) is 3.45. The van der Waals surface area contributed by atoms with Gasteiger partial charge in [-0.15, -0.1) is 0 Å². The SMILES string of the molecule is Cc1nn(C)c(OCc2ccc(F)cc2Cl)c1C1=CCC(C)(F)C=C1Cl. The monoisotopic (exact) mass is 398 g/mol. The van der Waals surface area contributed by atoms with Crippen molar-refractivity contribution in [2.24, 2.45) is 7.05 Å². The minimum Gasteiger partial charge on any atom is -0.472 e. The Balaban J connectivity index is 1.92. The molecule has 0 fully saturated rings. The predicted octanol–water partition coefficient (Wildman–Crippen LogP) is 5.74. The van der Waals surface area contributed by atoms with Gasteiger partial charge in [-0.05, 0) is 32.1 Å². The summed E-state index contributed by atoms with van der Waals surface area (Å²) in [5, 5.41) is 4.99. The van der Waals surface area contributed by atoms with Crippen LogP contribution in [-0.2, 0) is 13.7 Å². The smallest absolute Gasteiger partial charge is 0.220 e. The first-order chi connectivity index (χ1) is 12.2. The van der Waals surface area contributed by atoms with E-state index in [-0.39, 0.29) is 18.1 Å². The summed E-state index contributed by atoms with van der Waals surface area (Å²) >= 11 is 12.4. The Kier molecular flexibility index (Phi) is 5.13. The maximum Gasteiger partial charge on any atom is 0.220 e. The van der Waals surface area contributed by atoms with Crippen LogP contribution in [0.15, 0.2) is 35.4 Å². The molecule has 0 bridgehead atoms. The zero-order chi connectivity index (χ0) is 19.1. The lowest BCUT2D eigenvalue weighted by Gasteiger charge is -2.22. The molecule has 0 aliphatic heterocycles. The van der Waals surface area contributed by atoms with Gasteiger partial charge in [0.15, 0.2) is 0 Å². The number of benzene rings is 1. The highest BCUT2D eigenvalue weighted by molar-refractivity contribution is 6.37. The van der Waals surface area contributed by atoms with Gasteiger partial charge in [-0.25, -0.2) is 13.5 Å². The van der Waals surface area contributed by atoms with Crippen molar-refractivity contribution in [3.63, 3.8) is 0 Å². The van der Waals surface area contributed by atoms with Crippen molar-refractivity contribution in [2.45, 2.75) is 32.5 Å². The zero-order valence-corrected chi connectivity index (χ0v) is 16.1. The van der Waals surface area contributed by atoms with E-state index in [1.807, 2.05) is 6.92 Å². The van der Waals surface area contributed by atoms with Gasteiger partial charge in [0.25, 0.3) is 0 Å². The minimum absolute atomic E-state index is 0.139.